The van der Waals surface area contributed by atoms with Crippen LogP contribution in [-0.4, -0.2) is 15.3 Å². The maximum Gasteiger partial charge on any atom is 0.152 e. The minimum absolute atomic E-state index is 0.0143. The predicted octanol–water partition coefficient (Wildman–Crippen LogP) is 5.24. The molecule has 2 aromatic carbocycles. The largest absolute Gasteiger partial charge is 0.335 e. The lowest BCUT2D eigenvalue weighted by Crippen LogP contribution is -2.08. The van der Waals surface area contributed by atoms with Crippen LogP contribution in [0.25, 0.3) is 11.3 Å². The standard InChI is InChI=1S/C18H10F5N3S/c1-8-24-16(11-3-2-9(19)4-13(11)21)12(7-27)18(25-8)26-17-14(22)5-10(20)6-15(17)23/h2-7H,1H3,(H,24,25,26). The van der Waals surface area contributed by atoms with Gasteiger partial charge in [-0.25, -0.2) is 31.9 Å². The third-order valence-corrected chi connectivity index (χ3v) is 3.85. The van der Waals surface area contributed by atoms with Crippen molar-refractivity contribution in [2.24, 2.45) is 0 Å². The molecule has 0 unspecified atom stereocenters. The normalized spacial score (nSPS) is 10.7. The third kappa shape index (κ3) is 3.77. The highest BCUT2D eigenvalue weighted by Gasteiger charge is 2.19. The van der Waals surface area contributed by atoms with Gasteiger partial charge in [0.05, 0.1) is 11.3 Å². The SMILES string of the molecule is Cc1nc(Nc2c(F)cc(F)cc2F)c(C=S)c(-c2ccc(F)cc2F)n1. The molecule has 1 N–H and O–H groups in total. The Labute approximate surface area is 155 Å². The number of aromatic nitrogens is 2. The van der Waals surface area contributed by atoms with Gasteiger partial charge in [-0.3, -0.25) is 0 Å². The molecule has 0 saturated carbocycles. The molecule has 0 aliphatic carbocycles. The fourth-order valence-corrected chi connectivity index (χ4v) is 2.68. The molecule has 3 nitrogen and oxygen atoms in total. The number of nitrogens with zero attached hydrogens (tertiary/aromatic N) is 2. The second kappa shape index (κ2) is 7.36. The summed E-state index contributed by atoms with van der Waals surface area (Å²) in [7, 11) is 0. The minimum Gasteiger partial charge on any atom is -0.335 e. The molecule has 0 spiro atoms. The van der Waals surface area contributed by atoms with E-state index in [0.29, 0.717) is 18.2 Å². The van der Waals surface area contributed by atoms with Crippen molar-refractivity contribution in [3.8, 4) is 11.3 Å². The van der Waals surface area contributed by atoms with E-state index in [1.54, 1.807) is 0 Å². The van der Waals surface area contributed by atoms with Crippen molar-refractivity contribution in [3.05, 3.63) is 70.8 Å². The molecule has 3 aromatic rings. The summed E-state index contributed by atoms with van der Waals surface area (Å²) >= 11 is 4.92. The highest BCUT2D eigenvalue weighted by Crippen LogP contribution is 2.31. The van der Waals surface area contributed by atoms with Crippen molar-refractivity contribution >= 4 is 29.1 Å². The van der Waals surface area contributed by atoms with E-state index in [0.717, 1.165) is 17.5 Å². The molecule has 138 valence electrons. The van der Waals surface area contributed by atoms with E-state index in [9.17, 15) is 22.0 Å². The van der Waals surface area contributed by atoms with E-state index in [1.165, 1.54) is 6.92 Å². The number of hydrogen-bond acceptors (Lipinski definition) is 4. The van der Waals surface area contributed by atoms with E-state index in [1.807, 2.05) is 0 Å². The van der Waals surface area contributed by atoms with E-state index in [2.05, 4.69) is 15.3 Å². The lowest BCUT2D eigenvalue weighted by Gasteiger charge is -2.14. The van der Waals surface area contributed by atoms with E-state index in [-0.39, 0.29) is 28.5 Å². The summed E-state index contributed by atoms with van der Waals surface area (Å²) in [6.07, 6.45) is 0. The van der Waals surface area contributed by atoms with Gasteiger partial charge < -0.3 is 5.32 Å². The molecule has 0 fully saturated rings. The summed E-state index contributed by atoms with van der Waals surface area (Å²) in [4.78, 5) is 8.14. The number of aryl methyl sites for hydroxylation is 1. The molecule has 0 atom stereocenters. The average molecular weight is 395 g/mol. The first-order valence-corrected chi connectivity index (χ1v) is 7.98. The molecule has 1 aromatic heterocycles. The zero-order valence-electron chi connectivity index (χ0n) is 13.7. The maximum absolute atomic E-state index is 14.2. The minimum atomic E-state index is -1.19. The zero-order valence-corrected chi connectivity index (χ0v) is 14.5. The molecular formula is C18H10F5N3S. The Morgan fingerprint density at radius 1 is 0.889 bits per heavy atom. The Morgan fingerprint density at radius 3 is 2.11 bits per heavy atom. The quantitative estimate of drug-likeness (QED) is 0.484. The van der Waals surface area contributed by atoms with Gasteiger partial charge >= 0.3 is 0 Å². The van der Waals surface area contributed by atoms with Crippen molar-refractivity contribution < 1.29 is 22.0 Å². The number of rotatable bonds is 4. The van der Waals surface area contributed by atoms with Crippen molar-refractivity contribution in [2.45, 2.75) is 6.92 Å². The molecule has 0 aliphatic rings. The van der Waals surface area contributed by atoms with Crippen molar-refractivity contribution in [1.82, 2.24) is 9.97 Å². The summed E-state index contributed by atoms with van der Waals surface area (Å²) in [6, 6.07) is 3.87. The Kier molecular flexibility index (Phi) is 5.13. The lowest BCUT2D eigenvalue weighted by molar-refractivity contribution is 0.548. The Hall–Kier alpha value is -2.94. The van der Waals surface area contributed by atoms with Crippen LogP contribution < -0.4 is 5.32 Å². The summed E-state index contributed by atoms with van der Waals surface area (Å²) in [5.41, 5.74) is -0.649. The van der Waals surface area contributed by atoms with Crippen LogP contribution in [0.2, 0.25) is 0 Å². The number of anilines is 2. The van der Waals surface area contributed by atoms with Gasteiger partial charge in [-0.15, -0.1) is 0 Å². The van der Waals surface area contributed by atoms with Crippen molar-refractivity contribution in [2.75, 3.05) is 5.32 Å². The van der Waals surface area contributed by atoms with E-state index in [4.69, 9.17) is 12.2 Å². The first-order valence-electron chi connectivity index (χ1n) is 7.51. The molecule has 0 amide bonds. The van der Waals surface area contributed by atoms with Crippen molar-refractivity contribution in [3.63, 3.8) is 0 Å². The topological polar surface area (TPSA) is 37.8 Å². The highest BCUT2D eigenvalue weighted by molar-refractivity contribution is 7.79. The number of halogens is 5. The maximum atomic E-state index is 14.2. The van der Waals surface area contributed by atoms with Crippen LogP contribution in [0, 0.1) is 36.0 Å². The molecule has 0 radical (unpaired) electrons. The van der Waals surface area contributed by atoms with Gasteiger partial charge in [-0.05, 0) is 19.1 Å². The monoisotopic (exact) mass is 395 g/mol. The number of thiocarbonyl (C=S) groups is 1. The second-order valence-electron chi connectivity index (χ2n) is 5.49. The molecule has 0 saturated heterocycles. The summed E-state index contributed by atoms with van der Waals surface area (Å²) < 4.78 is 68.3. The molecular weight excluding hydrogens is 385 g/mol. The van der Waals surface area contributed by atoms with Crippen LogP contribution in [0.15, 0.2) is 30.3 Å². The zero-order chi connectivity index (χ0) is 19.7. The Balaban J connectivity index is 2.18. The molecule has 0 bridgehead atoms. The number of benzene rings is 2. The number of hydrogen-bond donors (Lipinski definition) is 1. The van der Waals surface area contributed by atoms with Gasteiger partial charge in [0.1, 0.15) is 34.8 Å². The van der Waals surface area contributed by atoms with Crippen LogP contribution in [0.4, 0.5) is 33.5 Å². The van der Waals surface area contributed by atoms with Crippen LogP contribution in [-0.2, 0) is 0 Å². The van der Waals surface area contributed by atoms with Gasteiger partial charge in [-0.2, -0.15) is 0 Å². The third-order valence-electron chi connectivity index (χ3n) is 3.61. The fraction of sp³-hybridized carbons (Fsp3) is 0.0556. The smallest absolute Gasteiger partial charge is 0.152 e. The average Bonchev–Trinajstić information content (AvgIpc) is 2.57. The van der Waals surface area contributed by atoms with Gasteiger partial charge in [0.15, 0.2) is 11.6 Å². The summed E-state index contributed by atoms with van der Waals surface area (Å²) in [5, 5.41) is 3.50. The van der Waals surface area contributed by atoms with Crippen LogP contribution in [0.3, 0.4) is 0 Å². The molecule has 27 heavy (non-hydrogen) atoms. The first-order chi connectivity index (χ1) is 12.8. The molecule has 3 rings (SSSR count). The highest BCUT2D eigenvalue weighted by atomic mass is 32.1. The van der Waals surface area contributed by atoms with Gasteiger partial charge in [0.2, 0.25) is 0 Å². The fourth-order valence-electron chi connectivity index (χ4n) is 2.45. The molecule has 0 aliphatic heterocycles. The van der Waals surface area contributed by atoms with Gasteiger partial charge in [-0.1, -0.05) is 12.2 Å². The van der Waals surface area contributed by atoms with Crippen LogP contribution >= 0.6 is 12.2 Å². The van der Waals surface area contributed by atoms with E-state index < -0.39 is 34.8 Å². The van der Waals surface area contributed by atoms with Gasteiger partial charge in [0.25, 0.3) is 0 Å². The van der Waals surface area contributed by atoms with Crippen LogP contribution in [0.1, 0.15) is 11.4 Å². The molecule has 9 heteroatoms. The predicted molar refractivity (Wildman–Crippen MR) is 94.5 cm³/mol. The molecule has 1 heterocycles. The Morgan fingerprint density at radius 2 is 1.52 bits per heavy atom. The van der Waals surface area contributed by atoms with E-state index >= 15 is 0 Å². The van der Waals surface area contributed by atoms with Crippen molar-refractivity contribution in [1.29, 1.82) is 0 Å². The lowest BCUT2D eigenvalue weighted by atomic mass is 10.1. The first kappa shape index (κ1) is 18.8. The second-order valence-corrected chi connectivity index (χ2v) is 5.73. The Bertz CT molecular complexity index is 1030. The van der Waals surface area contributed by atoms with Gasteiger partial charge in [0, 0.05) is 29.1 Å². The summed E-state index contributed by atoms with van der Waals surface area (Å²) in [6.45, 7) is 1.47. The number of nitrogens with one attached hydrogen (secondary N) is 1. The summed E-state index contributed by atoms with van der Waals surface area (Å²) in [5.74, 6) is -5.10. The van der Waals surface area contributed by atoms with Crippen LogP contribution in [0.5, 0.6) is 0 Å².